The van der Waals surface area contributed by atoms with E-state index in [1.54, 1.807) is 6.20 Å². The molecule has 0 saturated heterocycles. The summed E-state index contributed by atoms with van der Waals surface area (Å²) in [6.07, 6.45) is 2.39. The molecule has 0 spiro atoms. The maximum atomic E-state index is 12.2. The number of hydrogen-bond acceptors (Lipinski definition) is 4. The third kappa shape index (κ3) is 3.36. The molecule has 0 unspecified atom stereocenters. The summed E-state index contributed by atoms with van der Waals surface area (Å²) in [7, 11) is 0. The first-order chi connectivity index (χ1) is 9.61. The van der Waals surface area contributed by atoms with E-state index in [0.29, 0.717) is 11.6 Å². The predicted octanol–water partition coefficient (Wildman–Crippen LogP) is 3.59. The molecule has 0 aliphatic rings. The highest BCUT2D eigenvalue weighted by Gasteiger charge is 2.18. The molecule has 0 aliphatic carbocycles. The summed E-state index contributed by atoms with van der Waals surface area (Å²) in [5, 5.41) is 8.63. The Morgan fingerprint density at radius 2 is 2.20 bits per heavy atom. The van der Waals surface area contributed by atoms with Gasteiger partial charge in [-0.15, -0.1) is 11.3 Å². The van der Waals surface area contributed by atoms with Gasteiger partial charge in [-0.2, -0.15) is 0 Å². The van der Waals surface area contributed by atoms with Crippen molar-refractivity contribution in [3.8, 4) is 0 Å². The Morgan fingerprint density at radius 3 is 2.85 bits per heavy atom. The smallest absolute Gasteiger partial charge is 0.248 e. The number of aromatic nitrogens is 1. The van der Waals surface area contributed by atoms with Crippen molar-refractivity contribution < 1.29 is 4.79 Å². The van der Waals surface area contributed by atoms with E-state index < -0.39 is 0 Å². The summed E-state index contributed by atoms with van der Waals surface area (Å²) < 4.78 is 0. The van der Waals surface area contributed by atoms with Crippen molar-refractivity contribution in [1.82, 2.24) is 4.98 Å². The van der Waals surface area contributed by atoms with E-state index >= 15 is 0 Å². The second-order valence-electron chi connectivity index (χ2n) is 4.68. The van der Waals surface area contributed by atoms with Gasteiger partial charge < -0.3 is 10.6 Å². The van der Waals surface area contributed by atoms with Crippen molar-refractivity contribution >= 4 is 28.1 Å². The van der Waals surface area contributed by atoms with Crippen LogP contribution >= 0.6 is 11.3 Å². The molecule has 0 saturated carbocycles. The lowest BCUT2D eigenvalue weighted by molar-refractivity contribution is -0.116. The summed E-state index contributed by atoms with van der Waals surface area (Å²) in [5.41, 5.74) is 3.39. The van der Waals surface area contributed by atoms with Crippen molar-refractivity contribution in [2.75, 3.05) is 10.6 Å². The van der Waals surface area contributed by atoms with Gasteiger partial charge in [-0.3, -0.25) is 4.79 Å². The van der Waals surface area contributed by atoms with Crippen LogP contribution < -0.4 is 10.6 Å². The van der Waals surface area contributed by atoms with Gasteiger partial charge in [0.25, 0.3) is 0 Å². The summed E-state index contributed by atoms with van der Waals surface area (Å²) in [4.78, 5) is 16.3. The lowest BCUT2D eigenvalue weighted by Crippen LogP contribution is -2.34. The summed E-state index contributed by atoms with van der Waals surface area (Å²) in [6.45, 7) is 6.12. The Hall–Kier alpha value is -1.88. The number of nitrogens with one attached hydrogen (secondary N) is 2. The Labute approximate surface area is 123 Å². The van der Waals surface area contributed by atoms with E-state index in [4.69, 9.17) is 0 Å². The highest BCUT2D eigenvalue weighted by molar-refractivity contribution is 7.13. The van der Waals surface area contributed by atoms with Crippen LogP contribution in [0.4, 0.5) is 10.8 Å². The second kappa shape index (κ2) is 6.52. The van der Waals surface area contributed by atoms with Crippen LogP contribution in [0.3, 0.4) is 0 Å². The van der Waals surface area contributed by atoms with Gasteiger partial charge in [-0.1, -0.05) is 19.1 Å². The molecule has 0 fully saturated rings. The highest BCUT2D eigenvalue weighted by atomic mass is 32.1. The molecule has 0 bridgehead atoms. The first kappa shape index (κ1) is 14.5. The number of benzene rings is 1. The van der Waals surface area contributed by atoms with Gasteiger partial charge in [0, 0.05) is 17.3 Å². The van der Waals surface area contributed by atoms with Gasteiger partial charge in [0.1, 0.15) is 6.04 Å². The largest absolute Gasteiger partial charge is 0.373 e. The third-order valence-corrected chi connectivity index (χ3v) is 4.01. The van der Waals surface area contributed by atoms with E-state index in [9.17, 15) is 4.79 Å². The lowest BCUT2D eigenvalue weighted by atomic mass is 10.1. The van der Waals surface area contributed by atoms with Crippen LogP contribution in [0.5, 0.6) is 0 Å². The maximum absolute atomic E-state index is 12.2. The number of nitrogens with zero attached hydrogens (tertiary/aromatic N) is 1. The van der Waals surface area contributed by atoms with Gasteiger partial charge in [-0.25, -0.2) is 4.98 Å². The van der Waals surface area contributed by atoms with Gasteiger partial charge in [0.15, 0.2) is 5.13 Å². The van der Waals surface area contributed by atoms with Crippen LogP contribution in [-0.2, 0) is 4.79 Å². The zero-order chi connectivity index (χ0) is 14.5. The monoisotopic (exact) mass is 289 g/mol. The fourth-order valence-corrected chi connectivity index (χ4v) is 2.46. The van der Waals surface area contributed by atoms with Crippen LogP contribution in [0, 0.1) is 13.8 Å². The van der Waals surface area contributed by atoms with E-state index in [2.05, 4.69) is 35.5 Å². The average molecular weight is 289 g/mol. The molecule has 2 N–H and O–H groups in total. The fraction of sp³-hybridized carbons (Fsp3) is 0.333. The van der Waals surface area contributed by atoms with Crippen LogP contribution in [-0.4, -0.2) is 16.9 Å². The number of amides is 1. The fourth-order valence-electron chi connectivity index (χ4n) is 1.93. The number of carbonyl (C=O) groups excluding carboxylic acids is 1. The maximum Gasteiger partial charge on any atom is 0.248 e. The molecule has 0 aliphatic heterocycles. The molecule has 5 heteroatoms. The molecular formula is C15H19N3OS. The Morgan fingerprint density at radius 1 is 1.40 bits per heavy atom. The van der Waals surface area contributed by atoms with Crippen molar-refractivity contribution in [3.05, 3.63) is 40.9 Å². The summed E-state index contributed by atoms with van der Waals surface area (Å²) in [5.74, 6) is -0.0524. The first-order valence-electron chi connectivity index (χ1n) is 6.65. The molecule has 1 amide bonds. The first-order valence-corrected chi connectivity index (χ1v) is 7.53. The van der Waals surface area contributed by atoms with Crippen molar-refractivity contribution in [2.24, 2.45) is 0 Å². The molecule has 2 aromatic rings. The zero-order valence-corrected chi connectivity index (χ0v) is 12.8. The number of hydrogen-bond donors (Lipinski definition) is 2. The van der Waals surface area contributed by atoms with E-state index in [1.165, 1.54) is 22.5 Å². The topological polar surface area (TPSA) is 54.0 Å². The van der Waals surface area contributed by atoms with E-state index in [1.807, 2.05) is 24.4 Å². The molecule has 106 valence electrons. The van der Waals surface area contributed by atoms with Gasteiger partial charge in [0.2, 0.25) is 5.91 Å². The molecule has 1 aromatic heterocycles. The number of carbonyl (C=O) groups is 1. The molecule has 0 radical (unpaired) electrons. The lowest BCUT2D eigenvalue weighted by Gasteiger charge is -2.19. The van der Waals surface area contributed by atoms with Crippen molar-refractivity contribution in [2.45, 2.75) is 33.2 Å². The quantitative estimate of drug-likeness (QED) is 0.884. The minimum atomic E-state index is -0.264. The average Bonchev–Trinajstić information content (AvgIpc) is 2.93. The minimum Gasteiger partial charge on any atom is -0.373 e. The standard InChI is InChI=1S/C15H19N3OS/c1-4-12(14(19)18-15-16-8-9-20-15)17-13-7-5-6-10(2)11(13)3/h5-9,12,17H,4H2,1-3H3,(H,16,18,19)/t12-/m1/s1. The van der Waals surface area contributed by atoms with E-state index in [0.717, 1.165) is 5.69 Å². The Bertz CT molecular complexity index is 581. The van der Waals surface area contributed by atoms with Crippen LogP contribution in [0.1, 0.15) is 24.5 Å². The van der Waals surface area contributed by atoms with Crippen molar-refractivity contribution in [3.63, 3.8) is 0 Å². The summed E-state index contributed by atoms with van der Waals surface area (Å²) >= 11 is 1.42. The van der Waals surface area contributed by atoms with Crippen LogP contribution in [0.15, 0.2) is 29.8 Å². The van der Waals surface area contributed by atoms with Gasteiger partial charge in [0.05, 0.1) is 0 Å². The Kier molecular flexibility index (Phi) is 4.74. The molecule has 4 nitrogen and oxygen atoms in total. The molecule has 20 heavy (non-hydrogen) atoms. The molecule has 1 heterocycles. The van der Waals surface area contributed by atoms with Crippen LogP contribution in [0.25, 0.3) is 0 Å². The van der Waals surface area contributed by atoms with E-state index in [-0.39, 0.29) is 11.9 Å². The minimum absolute atomic E-state index is 0.0524. The van der Waals surface area contributed by atoms with Gasteiger partial charge >= 0.3 is 0 Å². The Balaban J connectivity index is 2.08. The normalized spacial score (nSPS) is 11.9. The molecular weight excluding hydrogens is 270 g/mol. The molecule has 1 aromatic carbocycles. The predicted molar refractivity (Wildman–Crippen MR) is 84.4 cm³/mol. The number of thiazole rings is 1. The zero-order valence-electron chi connectivity index (χ0n) is 11.9. The van der Waals surface area contributed by atoms with Crippen molar-refractivity contribution in [1.29, 1.82) is 0 Å². The number of anilines is 2. The number of aryl methyl sites for hydroxylation is 1. The third-order valence-electron chi connectivity index (χ3n) is 3.32. The highest BCUT2D eigenvalue weighted by Crippen LogP contribution is 2.20. The molecule has 1 atom stereocenters. The summed E-state index contributed by atoms with van der Waals surface area (Å²) in [6, 6.07) is 5.80. The number of rotatable bonds is 5. The second-order valence-corrected chi connectivity index (χ2v) is 5.57. The van der Waals surface area contributed by atoms with Crippen LogP contribution in [0.2, 0.25) is 0 Å². The molecule has 2 rings (SSSR count). The SMILES string of the molecule is CC[C@@H](Nc1cccc(C)c1C)C(=O)Nc1nccs1. The van der Waals surface area contributed by atoms with Gasteiger partial charge in [-0.05, 0) is 37.5 Å².